The number of hydrogen-bond donors (Lipinski definition) is 0. The summed E-state index contributed by atoms with van der Waals surface area (Å²) in [5.74, 6) is 0.840. The second-order valence-corrected chi connectivity index (χ2v) is 8.83. The van der Waals surface area contributed by atoms with Crippen LogP contribution in [0.2, 0.25) is 0 Å². The molecule has 0 bridgehead atoms. The Morgan fingerprint density at radius 2 is 1.41 bits per heavy atom. The highest BCUT2D eigenvalue weighted by molar-refractivity contribution is 5.82. The fraction of sp³-hybridized carbons (Fsp3) is 0.440. The molecule has 0 radical (unpaired) electrons. The highest BCUT2D eigenvalue weighted by Gasteiger charge is 2.25. The van der Waals surface area contributed by atoms with E-state index in [0.717, 1.165) is 23.5 Å². The predicted octanol–water partition coefficient (Wildman–Crippen LogP) is 6.31. The van der Waals surface area contributed by atoms with Crippen LogP contribution in [0.5, 0.6) is 0 Å². The molecule has 3 aromatic rings. The van der Waals surface area contributed by atoms with Gasteiger partial charge in [0.25, 0.3) is 0 Å². The molecule has 0 unspecified atom stereocenters. The maximum absolute atomic E-state index is 4.64. The van der Waals surface area contributed by atoms with Gasteiger partial charge in [0.1, 0.15) is 5.82 Å². The molecule has 0 amide bonds. The van der Waals surface area contributed by atoms with Gasteiger partial charge in [0.2, 0.25) is 0 Å². The average molecular weight is 361 g/mol. The van der Waals surface area contributed by atoms with Gasteiger partial charge in [-0.15, -0.1) is 0 Å². The maximum Gasteiger partial charge on any atom is 0.126 e. The normalized spacial score (nSPS) is 12.0. The summed E-state index contributed by atoms with van der Waals surface area (Å²) in [5.41, 5.74) is 12.0. The molecule has 0 saturated heterocycles. The fourth-order valence-electron chi connectivity index (χ4n) is 4.36. The number of rotatable bonds is 3. The van der Waals surface area contributed by atoms with E-state index in [4.69, 9.17) is 0 Å². The minimum Gasteiger partial charge on any atom is -0.238 e. The van der Waals surface area contributed by atoms with Gasteiger partial charge in [0.05, 0.1) is 5.52 Å². The Morgan fingerprint density at radius 1 is 0.741 bits per heavy atom. The molecular weight excluding hydrogens is 328 g/mol. The molecule has 0 fully saturated rings. The number of hydrogen-bond acceptors (Lipinski definition) is 2. The van der Waals surface area contributed by atoms with E-state index in [2.05, 4.69) is 83.6 Å². The molecule has 0 saturated carbocycles. The maximum atomic E-state index is 4.64. The zero-order chi connectivity index (χ0) is 20.1. The molecule has 0 aliphatic rings. The molecule has 1 heterocycles. The first-order valence-corrected chi connectivity index (χ1v) is 9.83. The van der Waals surface area contributed by atoms with Gasteiger partial charge in [-0.25, -0.2) is 9.97 Å². The molecule has 2 nitrogen and oxygen atoms in total. The van der Waals surface area contributed by atoms with Crippen molar-refractivity contribution in [1.29, 1.82) is 0 Å². The van der Waals surface area contributed by atoms with Crippen molar-refractivity contribution in [1.82, 2.24) is 9.97 Å². The van der Waals surface area contributed by atoms with Gasteiger partial charge in [-0.05, 0) is 111 Å². The van der Waals surface area contributed by atoms with Crippen LogP contribution < -0.4 is 0 Å². The van der Waals surface area contributed by atoms with E-state index in [1.807, 2.05) is 6.92 Å². The summed E-state index contributed by atoms with van der Waals surface area (Å²) in [6.07, 6.45) is 1.03. The zero-order valence-electron chi connectivity index (χ0n) is 18.3. The predicted molar refractivity (Wildman–Crippen MR) is 116 cm³/mol. The van der Waals surface area contributed by atoms with E-state index in [1.54, 1.807) is 0 Å². The summed E-state index contributed by atoms with van der Waals surface area (Å²) >= 11 is 0. The lowest BCUT2D eigenvalue weighted by atomic mass is 9.75. The zero-order valence-corrected chi connectivity index (χ0v) is 18.3. The second-order valence-electron chi connectivity index (χ2n) is 8.83. The summed E-state index contributed by atoms with van der Waals surface area (Å²) in [7, 11) is 0. The van der Waals surface area contributed by atoms with E-state index in [0.29, 0.717) is 0 Å². The van der Waals surface area contributed by atoms with Gasteiger partial charge in [-0.1, -0.05) is 19.9 Å². The smallest absolute Gasteiger partial charge is 0.126 e. The van der Waals surface area contributed by atoms with Crippen LogP contribution in [0, 0.1) is 48.5 Å². The number of benzene rings is 2. The van der Waals surface area contributed by atoms with Crippen LogP contribution in [-0.2, 0) is 11.8 Å². The molecule has 0 aliphatic carbocycles. The van der Waals surface area contributed by atoms with Crippen LogP contribution in [0.3, 0.4) is 0 Å². The monoisotopic (exact) mass is 360 g/mol. The average Bonchev–Trinajstić information content (AvgIpc) is 2.56. The van der Waals surface area contributed by atoms with Crippen LogP contribution in [0.15, 0.2) is 18.2 Å². The summed E-state index contributed by atoms with van der Waals surface area (Å²) in [6.45, 7) is 19.9. The van der Waals surface area contributed by atoms with E-state index in [-0.39, 0.29) is 5.41 Å². The first-order valence-electron chi connectivity index (χ1n) is 9.83. The Kier molecular flexibility index (Phi) is 4.88. The molecule has 27 heavy (non-hydrogen) atoms. The van der Waals surface area contributed by atoms with E-state index in [1.165, 1.54) is 44.3 Å². The number of fused-ring (bicyclic) bond motifs is 1. The van der Waals surface area contributed by atoms with Gasteiger partial charge >= 0.3 is 0 Å². The molecule has 2 aromatic carbocycles. The van der Waals surface area contributed by atoms with Crippen molar-refractivity contribution >= 4 is 10.9 Å². The highest BCUT2D eigenvalue weighted by Crippen LogP contribution is 2.35. The summed E-state index contributed by atoms with van der Waals surface area (Å²) in [4.78, 5) is 9.21. The molecule has 3 rings (SSSR count). The Labute approximate surface area is 164 Å². The van der Waals surface area contributed by atoms with Crippen LogP contribution in [0.1, 0.15) is 64.3 Å². The van der Waals surface area contributed by atoms with Gasteiger partial charge in [0.15, 0.2) is 0 Å². The highest BCUT2D eigenvalue weighted by atomic mass is 14.9. The molecule has 0 N–H and O–H groups in total. The molecule has 0 atom stereocenters. The van der Waals surface area contributed by atoms with Crippen molar-refractivity contribution in [2.24, 2.45) is 0 Å². The van der Waals surface area contributed by atoms with Crippen molar-refractivity contribution in [3.05, 3.63) is 68.7 Å². The minimum atomic E-state index is 0.0362. The van der Waals surface area contributed by atoms with Crippen LogP contribution in [-0.4, -0.2) is 9.97 Å². The Bertz CT molecular complexity index is 1040. The molecule has 0 spiro atoms. The molecule has 1 aromatic heterocycles. The Hall–Kier alpha value is -2.22. The van der Waals surface area contributed by atoms with Crippen molar-refractivity contribution in [3.63, 3.8) is 0 Å². The third-order valence-corrected chi connectivity index (χ3v) is 6.29. The molecule has 2 heteroatoms. The van der Waals surface area contributed by atoms with Crippen molar-refractivity contribution in [3.8, 4) is 0 Å². The Morgan fingerprint density at radius 3 is 2.07 bits per heavy atom. The van der Waals surface area contributed by atoms with Crippen LogP contribution in [0.4, 0.5) is 0 Å². The minimum absolute atomic E-state index is 0.0362. The lowest BCUT2D eigenvalue weighted by molar-refractivity contribution is 0.518. The first kappa shape index (κ1) is 19.5. The van der Waals surface area contributed by atoms with Gasteiger partial charge < -0.3 is 0 Å². The molecular formula is C25H32N2. The summed E-state index contributed by atoms with van der Waals surface area (Å²) < 4.78 is 0. The third-order valence-electron chi connectivity index (χ3n) is 6.29. The van der Waals surface area contributed by atoms with Crippen LogP contribution >= 0.6 is 0 Å². The molecule has 142 valence electrons. The van der Waals surface area contributed by atoms with Crippen molar-refractivity contribution in [2.45, 2.75) is 74.1 Å². The van der Waals surface area contributed by atoms with E-state index < -0.39 is 0 Å². The quantitative estimate of drug-likeness (QED) is 0.547. The fourth-order valence-corrected chi connectivity index (χ4v) is 4.36. The molecule has 0 aliphatic heterocycles. The first-order chi connectivity index (χ1) is 12.5. The van der Waals surface area contributed by atoms with Crippen molar-refractivity contribution in [2.75, 3.05) is 0 Å². The van der Waals surface area contributed by atoms with Crippen molar-refractivity contribution < 1.29 is 0 Å². The summed E-state index contributed by atoms with van der Waals surface area (Å²) in [6, 6.07) is 6.93. The largest absolute Gasteiger partial charge is 0.238 e. The van der Waals surface area contributed by atoms with E-state index in [9.17, 15) is 0 Å². The topological polar surface area (TPSA) is 25.8 Å². The van der Waals surface area contributed by atoms with Crippen LogP contribution in [0.25, 0.3) is 10.9 Å². The second kappa shape index (κ2) is 6.74. The Balaban J connectivity index is 2.11. The number of aromatic nitrogens is 2. The number of nitrogens with zero attached hydrogens (tertiary/aromatic N) is 2. The lowest BCUT2D eigenvalue weighted by Crippen LogP contribution is -2.23. The lowest BCUT2D eigenvalue weighted by Gasteiger charge is -2.29. The van der Waals surface area contributed by atoms with Gasteiger partial charge in [-0.3, -0.25) is 0 Å². The number of aryl methyl sites for hydroxylation is 4. The SMILES string of the molecule is Cc1nc(C)c2cc(C(C)(C)Cc3cc(C)c(C)c(C)c3C)c(C)cc2n1. The third kappa shape index (κ3) is 3.50. The standard InChI is InChI=1S/C25H32N2/c1-14-10-21(18(5)17(4)16(14)3)13-25(8,9)23-12-22-19(6)26-20(7)27-24(22)11-15(23)2/h10-12H,13H2,1-9H3. The van der Waals surface area contributed by atoms with Gasteiger partial charge in [0, 0.05) is 11.1 Å². The van der Waals surface area contributed by atoms with E-state index >= 15 is 0 Å². The summed E-state index contributed by atoms with van der Waals surface area (Å²) in [5, 5.41) is 1.17. The van der Waals surface area contributed by atoms with Gasteiger partial charge in [-0.2, -0.15) is 0 Å².